The molecule has 0 radical (unpaired) electrons. The van der Waals surface area contributed by atoms with Crippen LogP contribution >= 0.6 is 0 Å². The summed E-state index contributed by atoms with van der Waals surface area (Å²) in [5.41, 5.74) is 6.17. The molecule has 0 saturated carbocycles. The minimum absolute atomic E-state index is 0.261. The van der Waals surface area contributed by atoms with Crippen LogP contribution in [0.25, 0.3) is 0 Å². The quantitative estimate of drug-likeness (QED) is 0.612. The molecule has 4 N–H and O–H groups in total. The van der Waals surface area contributed by atoms with Crippen molar-refractivity contribution in [1.82, 2.24) is 15.5 Å². The molecule has 0 aromatic carbocycles. The first kappa shape index (κ1) is 12.5. The highest BCUT2D eigenvalue weighted by Crippen LogP contribution is 2.04. The maximum atomic E-state index is 11.5. The van der Waals surface area contributed by atoms with Crippen LogP contribution < -0.4 is 11.1 Å². The molecular weight excluding hydrogens is 208 g/mol. The lowest BCUT2D eigenvalue weighted by Crippen LogP contribution is -2.28. The van der Waals surface area contributed by atoms with Crippen LogP contribution in [0.15, 0.2) is 6.20 Å². The van der Waals surface area contributed by atoms with Crippen LogP contribution in [0.1, 0.15) is 24.3 Å². The van der Waals surface area contributed by atoms with Gasteiger partial charge < -0.3 is 15.8 Å². The Bertz CT molecular complexity index is 335. The number of anilines is 1. The number of nitrogen functional groups attached to an aromatic ring is 1. The highest BCUT2D eigenvalue weighted by Gasteiger charge is 2.10. The van der Waals surface area contributed by atoms with E-state index < -0.39 is 0 Å². The number of hydrogen-bond donors (Lipinski definition) is 3. The summed E-state index contributed by atoms with van der Waals surface area (Å²) in [6, 6.07) is 0. The van der Waals surface area contributed by atoms with Crippen LogP contribution in [0.5, 0.6) is 0 Å². The molecule has 0 aliphatic heterocycles. The largest absolute Gasteiger partial charge is 0.396 e. The maximum Gasteiger partial charge on any atom is 0.271 e. The van der Waals surface area contributed by atoms with E-state index in [4.69, 9.17) is 10.5 Å². The number of aromatic nitrogens is 2. The molecule has 6 heteroatoms. The van der Waals surface area contributed by atoms with Crippen LogP contribution in [-0.2, 0) is 4.74 Å². The molecule has 0 spiro atoms. The Morgan fingerprint density at radius 3 is 3.00 bits per heavy atom. The molecular formula is C10H18N4O2. The van der Waals surface area contributed by atoms with Crippen molar-refractivity contribution < 1.29 is 9.53 Å². The number of carbonyl (C=O) groups excluding carboxylic acids is 1. The summed E-state index contributed by atoms with van der Waals surface area (Å²) in [5, 5.41) is 8.89. The van der Waals surface area contributed by atoms with Crippen molar-refractivity contribution in [3.63, 3.8) is 0 Å². The monoisotopic (exact) mass is 226 g/mol. The number of amides is 1. The summed E-state index contributed by atoms with van der Waals surface area (Å²) in [6.07, 6.45) is 1.41. The highest BCUT2D eigenvalue weighted by molar-refractivity contribution is 5.96. The Hall–Kier alpha value is -1.56. The summed E-state index contributed by atoms with van der Waals surface area (Å²) in [5.74, 6) is 0.238. The van der Waals surface area contributed by atoms with Gasteiger partial charge in [0.05, 0.1) is 18.5 Å². The van der Waals surface area contributed by atoms with Crippen molar-refractivity contribution in [2.24, 2.45) is 5.92 Å². The van der Waals surface area contributed by atoms with E-state index in [2.05, 4.69) is 29.4 Å². The van der Waals surface area contributed by atoms with Crippen molar-refractivity contribution in [3.05, 3.63) is 11.9 Å². The second-order valence-electron chi connectivity index (χ2n) is 3.93. The molecule has 0 atom stereocenters. The number of ether oxygens (including phenoxy) is 1. The average Bonchev–Trinajstić information content (AvgIpc) is 2.63. The van der Waals surface area contributed by atoms with Gasteiger partial charge in [0.25, 0.3) is 5.91 Å². The predicted molar refractivity (Wildman–Crippen MR) is 61.0 cm³/mol. The molecule has 1 heterocycles. The number of nitrogens with zero attached hydrogens (tertiary/aromatic N) is 1. The van der Waals surface area contributed by atoms with Gasteiger partial charge in [0.15, 0.2) is 0 Å². The van der Waals surface area contributed by atoms with Gasteiger partial charge in [-0.2, -0.15) is 5.10 Å². The number of nitrogens with two attached hydrogens (primary N) is 1. The number of carbonyl (C=O) groups is 1. The minimum Gasteiger partial charge on any atom is -0.396 e. The molecule has 90 valence electrons. The topological polar surface area (TPSA) is 93.0 Å². The zero-order valence-corrected chi connectivity index (χ0v) is 9.62. The second-order valence-corrected chi connectivity index (χ2v) is 3.93. The minimum atomic E-state index is -0.261. The van der Waals surface area contributed by atoms with Crippen molar-refractivity contribution >= 4 is 11.6 Å². The lowest BCUT2D eigenvalue weighted by molar-refractivity contribution is 0.0883. The number of H-pyrrole nitrogens is 1. The van der Waals surface area contributed by atoms with Gasteiger partial charge in [-0.3, -0.25) is 9.89 Å². The Kier molecular flexibility index (Phi) is 4.78. The van der Waals surface area contributed by atoms with Gasteiger partial charge in [0.1, 0.15) is 5.69 Å². The number of rotatable bonds is 6. The zero-order chi connectivity index (χ0) is 12.0. The van der Waals surface area contributed by atoms with Crippen molar-refractivity contribution in [3.8, 4) is 0 Å². The fourth-order valence-corrected chi connectivity index (χ4v) is 1.12. The van der Waals surface area contributed by atoms with E-state index in [1.807, 2.05) is 0 Å². The van der Waals surface area contributed by atoms with Gasteiger partial charge in [-0.25, -0.2) is 0 Å². The Balaban J connectivity index is 2.19. The summed E-state index contributed by atoms with van der Waals surface area (Å²) in [7, 11) is 0. The van der Waals surface area contributed by atoms with Gasteiger partial charge in [-0.15, -0.1) is 0 Å². The first-order valence-electron chi connectivity index (χ1n) is 5.26. The number of hydrogen-bond acceptors (Lipinski definition) is 4. The predicted octanol–water partition coefficient (Wildman–Crippen LogP) is 0.394. The molecule has 0 fully saturated rings. The molecule has 1 aromatic rings. The van der Waals surface area contributed by atoms with E-state index in [0.29, 0.717) is 37.1 Å². The number of nitrogens with one attached hydrogen (secondary N) is 2. The first-order valence-corrected chi connectivity index (χ1v) is 5.26. The highest BCUT2D eigenvalue weighted by atomic mass is 16.5. The molecule has 0 aliphatic carbocycles. The summed E-state index contributed by atoms with van der Waals surface area (Å²) >= 11 is 0. The zero-order valence-electron chi connectivity index (χ0n) is 9.62. The van der Waals surface area contributed by atoms with E-state index >= 15 is 0 Å². The molecule has 0 bridgehead atoms. The molecule has 16 heavy (non-hydrogen) atoms. The van der Waals surface area contributed by atoms with Crippen LogP contribution in [0.4, 0.5) is 5.69 Å². The van der Waals surface area contributed by atoms with Crippen LogP contribution in [0.2, 0.25) is 0 Å². The summed E-state index contributed by atoms with van der Waals surface area (Å²) < 4.78 is 5.32. The van der Waals surface area contributed by atoms with Gasteiger partial charge in [-0.1, -0.05) is 13.8 Å². The molecule has 1 aromatic heterocycles. The first-order chi connectivity index (χ1) is 7.61. The van der Waals surface area contributed by atoms with Gasteiger partial charge >= 0.3 is 0 Å². The molecule has 0 unspecified atom stereocenters. The van der Waals surface area contributed by atoms with Gasteiger partial charge in [0, 0.05) is 13.2 Å². The van der Waals surface area contributed by atoms with Gasteiger partial charge in [0.2, 0.25) is 0 Å². The van der Waals surface area contributed by atoms with E-state index in [9.17, 15) is 4.79 Å². The molecule has 6 nitrogen and oxygen atoms in total. The van der Waals surface area contributed by atoms with E-state index in [-0.39, 0.29) is 5.91 Å². The smallest absolute Gasteiger partial charge is 0.271 e. The SMILES string of the molecule is CC(C)COCCNC(=O)c1[nH]ncc1N. The Morgan fingerprint density at radius 2 is 2.44 bits per heavy atom. The molecule has 0 aliphatic rings. The Morgan fingerprint density at radius 1 is 1.69 bits per heavy atom. The Labute approximate surface area is 94.5 Å². The molecule has 0 saturated heterocycles. The third-order valence-corrected chi connectivity index (χ3v) is 1.88. The van der Waals surface area contributed by atoms with Crippen molar-refractivity contribution in [2.75, 3.05) is 25.5 Å². The maximum absolute atomic E-state index is 11.5. The van der Waals surface area contributed by atoms with Crippen LogP contribution in [0, 0.1) is 5.92 Å². The number of aromatic amines is 1. The fraction of sp³-hybridized carbons (Fsp3) is 0.600. The second kappa shape index (κ2) is 6.12. The van der Waals surface area contributed by atoms with E-state index in [0.717, 1.165) is 0 Å². The summed E-state index contributed by atoms with van der Waals surface area (Å²) in [6.45, 7) is 5.80. The third-order valence-electron chi connectivity index (χ3n) is 1.88. The molecule has 1 amide bonds. The third kappa shape index (κ3) is 3.90. The average molecular weight is 226 g/mol. The normalized spacial score (nSPS) is 10.7. The van der Waals surface area contributed by atoms with Crippen molar-refractivity contribution in [1.29, 1.82) is 0 Å². The lowest BCUT2D eigenvalue weighted by Gasteiger charge is -2.07. The fourth-order valence-electron chi connectivity index (χ4n) is 1.12. The van der Waals surface area contributed by atoms with E-state index in [1.54, 1.807) is 0 Å². The van der Waals surface area contributed by atoms with Crippen LogP contribution in [0.3, 0.4) is 0 Å². The molecule has 1 rings (SSSR count). The summed E-state index contributed by atoms with van der Waals surface area (Å²) in [4.78, 5) is 11.5. The lowest BCUT2D eigenvalue weighted by atomic mass is 10.2. The van der Waals surface area contributed by atoms with Crippen molar-refractivity contribution in [2.45, 2.75) is 13.8 Å². The standard InChI is InChI=1S/C10H18N4O2/c1-7(2)6-16-4-3-12-10(15)9-8(11)5-13-14-9/h5,7H,3-4,6,11H2,1-2H3,(H,12,15)(H,13,14). The van der Waals surface area contributed by atoms with E-state index in [1.165, 1.54) is 6.20 Å². The van der Waals surface area contributed by atoms with Gasteiger partial charge in [-0.05, 0) is 5.92 Å². The van der Waals surface area contributed by atoms with Crippen LogP contribution in [-0.4, -0.2) is 35.9 Å².